The molecular weight excluding hydrogens is 294 g/mol. The van der Waals surface area contributed by atoms with Crippen LogP contribution in [0.2, 0.25) is 0 Å². The van der Waals surface area contributed by atoms with Gasteiger partial charge in [0.2, 0.25) is 10.0 Å². The van der Waals surface area contributed by atoms with Gasteiger partial charge in [0.15, 0.2) is 0 Å². The molecule has 7 nitrogen and oxygen atoms in total. The number of nitrogens with one attached hydrogen (secondary N) is 2. The third kappa shape index (κ3) is 3.45. The summed E-state index contributed by atoms with van der Waals surface area (Å²) in [5.41, 5.74) is 0.180. The molecule has 1 aliphatic rings. The number of aliphatic hydroxyl groups excluding tert-OH is 1. The minimum atomic E-state index is -3.52. The van der Waals surface area contributed by atoms with Crippen LogP contribution in [-0.2, 0) is 10.0 Å². The SMILES string of the molecule is CCC(CO)NC(=O)c1cc(S(=O)(=O)N2CCCC2)c[nH]1. The second-order valence-electron chi connectivity index (χ2n) is 5.12. The molecule has 1 atom stereocenters. The number of rotatable bonds is 6. The van der Waals surface area contributed by atoms with Gasteiger partial charge in [-0.1, -0.05) is 6.92 Å². The monoisotopic (exact) mass is 315 g/mol. The van der Waals surface area contributed by atoms with Crippen molar-refractivity contribution in [3.63, 3.8) is 0 Å². The van der Waals surface area contributed by atoms with E-state index in [0.29, 0.717) is 19.5 Å². The fourth-order valence-corrected chi connectivity index (χ4v) is 3.78. The minimum Gasteiger partial charge on any atom is -0.394 e. The molecule has 0 spiro atoms. The van der Waals surface area contributed by atoms with Gasteiger partial charge in [0.1, 0.15) is 10.6 Å². The second-order valence-corrected chi connectivity index (χ2v) is 7.06. The summed E-state index contributed by atoms with van der Waals surface area (Å²) in [6.45, 7) is 2.75. The summed E-state index contributed by atoms with van der Waals surface area (Å²) in [5, 5.41) is 11.7. The van der Waals surface area contributed by atoms with E-state index in [1.165, 1.54) is 16.6 Å². The maximum Gasteiger partial charge on any atom is 0.268 e. The molecule has 1 saturated heterocycles. The van der Waals surface area contributed by atoms with Crippen LogP contribution < -0.4 is 5.32 Å². The van der Waals surface area contributed by atoms with Crippen molar-refractivity contribution in [2.45, 2.75) is 37.1 Å². The van der Waals surface area contributed by atoms with Crippen LogP contribution in [0.5, 0.6) is 0 Å². The minimum absolute atomic E-state index is 0.103. The molecule has 0 saturated carbocycles. The van der Waals surface area contributed by atoms with E-state index in [2.05, 4.69) is 10.3 Å². The van der Waals surface area contributed by atoms with E-state index in [1.54, 1.807) is 0 Å². The van der Waals surface area contributed by atoms with Gasteiger partial charge >= 0.3 is 0 Å². The van der Waals surface area contributed by atoms with Gasteiger partial charge < -0.3 is 15.4 Å². The number of aromatic nitrogens is 1. The van der Waals surface area contributed by atoms with Gasteiger partial charge in [-0.2, -0.15) is 4.31 Å². The molecule has 3 N–H and O–H groups in total. The molecule has 1 aliphatic heterocycles. The van der Waals surface area contributed by atoms with Crippen molar-refractivity contribution in [3.8, 4) is 0 Å². The number of hydrogen-bond acceptors (Lipinski definition) is 4. The lowest BCUT2D eigenvalue weighted by molar-refractivity contribution is 0.0910. The zero-order valence-corrected chi connectivity index (χ0v) is 12.8. The number of aromatic amines is 1. The van der Waals surface area contributed by atoms with Crippen molar-refractivity contribution < 1.29 is 18.3 Å². The smallest absolute Gasteiger partial charge is 0.268 e. The van der Waals surface area contributed by atoms with E-state index < -0.39 is 15.9 Å². The molecule has 2 rings (SSSR count). The van der Waals surface area contributed by atoms with Crippen molar-refractivity contribution in [2.75, 3.05) is 19.7 Å². The summed E-state index contributed by atoms with van der Waals surface area (Å²) >= 11 is 0. The van der Waals surface area contributed by atoms with E-state index >= 15 is 0 Å². The maximum atomic E-state index is 12.3. The van der Waals surface area contributed by atoms with Gasteiger partial charge in [0.25, 0.3) is 5.91 Å². The summed E-state index contributed by atoms with van der Waals surface area (Å²) in [4.78, 5) is 14.8. The number of aliphatic hydroxyl groups is 1. The van der Waals surface area contributed by atoms with Crippen molar-refractivity contribution in [2.24, 2.45) is 0 Å². The highest BCUT2D eigenvalue weighted by molar-refractivity contribution is 7.89. The van der Waals surface area contributed by atoms with Crippen LogP contribution in [0.25, 0.3) is 0 Å². The lowest BCUT2D eigenvalue weighted by Gasteiger charge is -2.14. The van der Waals surface area contributed by atoms with Crippen LogP contribution in [-0.4, -0.2) is 54.5 Å². The van der Waals surface area contributed by atoms with Gasteiger partial charge in [-0.3, -0.25) is 4.79 Å². The summed E-state index contributed by atoms with van der Waals surface area (Å²) < 4.78 is 26.1. The molecule has 0 radical (unpaired) electrons. The fraction of sp³-hybridized carbons (Fsp3) is 0.615. The molecule has 1 unspecified atom stereocenters. The average molecular weight is 315 g/mol. The predicted molar refractivity (Wildman–Crippen MR) is 77.4 cm³/mol. The van der Waals surface area contributed by atoms with Crippen LogP contribution in [0, 0.1) is 0 Å². The lowest BCUT2D eigenvalue weighted by Crippen LogP contribution is -2.37. The molecule has 8 heteroatoms. The Balaban J connectivity index is 2.12. The highest BCUT2D eigenvalue weighted by Crippen LogP contribution is 2.21. The molecule has 2 heterocycles. The Bertz CT molecular complexity index is 586. The Morgan fingerprint density at radius 2 is 2.14 bits per heavy atom. The highest BCUT2D eigenvalue weighted by atomic mass is 32.2. The largest absolute Gasteiger partial charge is 0.394 e. The first-order valence-electron chi connectivity index (χ1n) is 7.09. The van der Waals surface area contributed by atoms with E-state index in [0.717, 1.165) is 12.8 Å². The Kier molecular flexibility index (Phi) is 5.02. The fourth-order valence-electron chi connectivity index (χ4n) is 2.27. The van der Waals surface area contributed by atoms with Crippen LogP contribution in [0.1, 0.15) is 36.7 Å². The topological polar surface area (TPSA) is 102 Å². The maximum absolute atomic E-state index is 12.3. The normalized spacial score (nSPS) is 17.8. The standard InChI is InChI=1S/C13H21N3O4S/c1-2-10(9-17)15-13(18)12-7-11(8-14-12)21(19,20)16-5-3-4-6-16/h7-8,10,14,17H,2-6,9H2,1H3,(H,15,18). The Morgan fingerprint density at radius 3 is 2.71 bits per heavy atom. The molecular formula is C13H21N3O4S. The summed E-state index contributed by atoms with van der Waals surface area (Å²) in [7, 11) is -3.52. The quantitative estimate of drug-likeness (QED) is 0.702. The van der Waals surface area contributed by atoms with Gasteiger partial charge in [-0.05, 0) is 25.3 Å². The molecule has 1 amide bonds. The van der Waals surface area contributed by atoms with Crippen molar-refractivity contribution in [3.05, 3.63) is 18.0 Å². The van der Waals surface area contributed by atoms with Gasteiger partial charge in [0.05, 0.1) is 12.6 Å². The van der Waals surface area contributed by atoms with Crippen LogP contribution in [0.4, 0.5) is 0 Å². The first kappa shape index (κ1) is 16.0. The second kappa shape index (κ2) is 6.59. The van der Waals surface area contributed by atoms with Crippen molar-refractivity contribution >= 4 is 15.9 Å². The van der Waals surface area contributed by atoms with Gasteiger partial charge in [-0.25, -0.2) is 8.42 Å². The number of amides is 1. The molecule has 0 aliphatic carbocycles. The van der Waals surface area contributed by atoms with Gasteiger partial charge in [0, 0.05) is 19.3 Å². The number of sulfonamides is 1. The summed E-state index contributed by atoms with van der Waals surface area (Å²) in [5.74, 6) is -0.418. The third-order valence-electron chi connectivity index (χ3n) is 3.65. The molecule has 118 valence electrons. The molecule has 1 fully saturated rings. The first-order chi connectivity index (χ1) is 9.98. The highest BCUT2D eigenvalue weighted by Gasteiger charge is 2.28. The number of carbonyl (C=O) groups excluding carboxylic acids is 1. The number of H-pyrrole nitrogens is 1. The Labute approximate surface area is 124 Å². The van der Waals surface area contributed by atoms with Crippen LogP contribution in [0.3, 0.4) is 0 Å². The van der Waals surface area contributed by atoms with E-state index in [4.69, 9.17) is 5.11 Å². The molecule has 1 aromatic rings. The third-order valence-corrected chi connectivity index (χ3v) is 5.53. The number of hydrogen-bond donors (Lipinski definition) is 3. The molecule has 21 heavy (non-hydrogen) atoms. The van der Waals surface area contributed by atoms with E-state index in [9.17, 15) is 13.2 Å². The van der Waals surface area contributed by atoms with Crippen molar-refractivity contribution in [1.82, 2.24) is 14.6 Å². The summed E-state index contributed by atoms with van der Waals surface area (Å²) in [6, 6.07) is 1.01. The number of nitrogens with zero attached hydrogens (tertiary/aromatic N) is 1. The molecule has 1 aromatic heterocycles. The number of carbonyl (C=O) groups is 1. The van der Waals surface area contributed by atoms with E-state index in [1.807, 2.05) is 6.92 Å². The predicted octanol–water partition coefficient (Wildman–Crippen LogP) is 0.300. The van der Waals surface area contributed by atoms with Gasteiger partial charge in [-0.15, -0.1) is 0 Å². The zero-order chi connectivity index (χ0) is 15.5. The van der Waals surface area contributed by atoms with Crippen LogP contribution in [0.15, 0.2) is 17.2 Å². The molecule has 0 aromatic carbocycles. The Hall–Kier alpha value is -1.38. The Morgan fingerprint density at radius 1 is 1.48 bits per heavy atom. The molecule has 0 bridgehead atoms. The average Bonchev–Trinajstić information content (AvgIpc) is 3.14. The first-order valence-corrected chi connectivity index (χ1v) is 8.53. The van der Waals surface area contributed by atoms with E-state index in [-0.39, 0.29) is 23.2 Å². The zero-order valence-electron chi connectivity index (χ0n) is 12.0. The summed E-state index contributed by atoms with van der Waals surface area (Å²) in [6.07, 6.45) is 3.67. The van der Waals surface area contributed by atoms with Crippen molar-refractivity contribution in [1.29, 1.82) is 0 Å². The lowest BCUT2D eigenvalue weighted by atomic mass is 10.2. The van der Waals surface area contributed by atoms with Crippen LogP contribution >= 0.6 is 0 Å².